The quantitative estimate of drug-likeness (QED) is 0.241. The van der Waals surface area contributed by atoms with E-state index in [0.29, 0.717) is 65.0 Å². The molecule has 9 nitrogen and oxygen atoms in total. The maximum absolute atomic E-state index is 15.1. The molecule has 3 aromatic heterocycles. The molecule has 1 saturated heterocycles. The summed E-state index contributed by atoms with van der Waals surface area (Å²) in [6.07, 6.45) is -3.60. The average molecular weight is 549 g/mol. The fraction of sp³-hybridized carbons (Fsp3) is 0.462. The van der Waals surface area contributed by atoms with Crippen molar-refractivity contribution in [2.24, 2.45) is 7.05 Å². The Bertz CT molecular complexity index is 1550. The normalized spacial score (nSPS) is 16.8. The summed E-state index contributed by atoms with van der Waals surface area (Å²) < 4.78 is 65.0. The number of imidazole rings is 1. The van der Waals surface area contributed by atoms with Crippen LogP contribution in [-0.4, -0.2) is 67.9 Å². The Hall–Kier alpha value is -3.42. The first-order valence-electron chi connectivity index (χ1n) is 12.6. The van der Waals surface area contributed by atoms with Gasteiger partial charge in [-0.3, -0.25) is 23.8 Å². The van der Waals surface area contributed by atoms with E-state index in [-0.39, 0.29) is 24.9 Å². The fourth-order valence-electron chi connectivity index (χ4n) is 4.94. The third-order valence-electron chi connectivity index (χ3n) is 6.84. The van der Waals surface area contributed by atoms with E-state index >= 15 is 4.39 Å². The van der Waals surface area contributed by atoms with E-state index in [2.05, 4.69) is 19.9 Å². The zero-order valence-electron chi connectivity index (χ0n) is 21.7. The van der Waals surface area contributed by atoms with Crippen LogP contribution >= 0.6 is 0 Å². The van der Waals surface area contributed by atoms with Crippen LogP contribution in [-0.2, 0) is 23.1 Å². The molecule has 0 spiro atoms. The first kappa shape index (κ1) is 27.2. The second-order valence-corrected chi connectivity index (χ2v) is 9.89. The zero-order chi connectivity index (χ0) is 27.9. The lowest BCUT2D eigenvalue weighted by Gasteiger charge is -2.17. The van der Waals surface area contributed by atoms with Gasteiger partial charge in [-0.15, -0.1) is 23.4 Å². The number of likely N-dealkylation sites (tertiary alicyclic amines) is 1. The molecule has 1 aromatic carbocycles. The van der Waals surface area contributed by atoms with Crippen molar-refractivity contribution in [2.45, 2.75) is 45.4 Å². The highest BCUT2D eigenvalue weighted by atomic mass is 19.4. The summed E-state index contributed by atoms with van der Waals surface area (Å²) in [5, 5.41) is 8.89. The number of ether oxygens (including phenoxy) is 2. The molecule has 13 heteroatoms. The van der Waals surface area contributed by atoms with Crippen molar-refractivity contribution in [3.63, 3.8) is 0 Å². The molecule has 0 amide bonds. The van der Waals surface area contributed by atoms with Crippen LogP contribution in [0.5, 0.6) is 0 Å². The largest absolute Gasteiger partial charge is 0.522 e. The van der Waals surface area contributed by atoms with Crippen molar-refractivity contribution < 1.29 is 27.0 Å². The van der Waals surface area contributed by atoms with Gasteiger partial charge in [-0.05, 0) is 32.4 Å². The fourth-order valence-corrected chi connectivity index (χ4v) is 4.94. The van der Waals surface area contributed by atoms with Gasteiger partial charge in [0.1, 0.15) is 11.3 Å². The predicted octanol–water partition coefficient (Wildman–Crippen LogP) is 4.19. The van der Waals surface area contributed by atoms with Crippen molar-refractivity contribution >= 4 is 22.1 Å². The molecule has 0 aliphatic carbocycles. The number of nitrogens with zero attached hydrogens (tertiary/aromatic N) is 6. The lowest BCUT2D eigenvalue weighted by molar-refractivity contribution is -0.340. The minimum Gasteiger partial charge on any atom is -0.374 e. The number of benzene rings is 1. The standard InChI is InChI=1S/C26H28F4N6O3/c1-15(2)36-23-20-10-19(21(27)11-22(20)32-33-24(23)34(3)25(36)37)16-4-5-17(31-12-16)14-38-9-8-35-7-6-18(13-35)39-26(28,29)30/h4-5,10-12,15,18H,6-9,13-14H2,1-3H3. The molecule has 1 atom stereocenters. The maximum Gasteiger partial charge on any atom is 0.522 e. The molecule has 1 fully saturated rings. The third-order valence-corrected chi connectivity index (χ3v) is 6.84. The van der Waals surface area contributed by atoms with Gasteiger partial charge in [-0.1, -0.05) is 6.07 Å². The van der Waals surface area contributed by atoms with Crippen LogP contribution in [0.15, 0.2) is 35.3 Å². The van der Waals surface area contributed by atoms with Crippen LogP contribution < -0.4 is 5.69 Å². The Labute approximate surface area is 221 Å². The molecule has 5 rings (SSSR count). The topological polar surface area (TPSA) is 87.3 Å². The molecule has 1 aliphatic heterocycles. The van der Waals surface area contributed by atoms with Gasteiger partial charge >= 0.3 is 12.1 Å². The molecule has 1 unspecified atom stereocenters. The Balaban J connectivity index is 1.28. The Kier molecular flexibility index (Phi) is 7.40. The van der Waals surface area contributed by atoms with Crippen LogP contribution in [0.3, 0.4) is 0 Å². The van der Waals surface area contributed by atoms with Crippen molar-refractivity contribution in [1.29, 1.82) is 0 Å². The number of pyridine rings is 1. The highest BCUT2D eigenvalue weighted by Crippen LogP contribution is 2.31. The zero-order valence-corrected chi connectivity index (χ0v) is 21.7. The molecule has 4 heterocycles. The minimum absolute atomic E-state index is 0.136. The molecule has 4 aromatic rings. The van der Waals surface area contributed by atoms with Gasteiger partial charge in [0, 0.05) is 61.5 Å². The van der Waals surface area contributed by atoms with Gasteiger partial charge in [0.2, 0.25) is 0 Å². The van der Waals surface area contributed by atoms with E-state index in [1.54, 1.807) is 36.0 Å². The Morgan fingerprint density at radius 2 is 1.97 bits per heavy atom. The number of rotatable bonds is 8. The molecule has 0 radical (unpaired) electrons. The lowest BCUT2D eigenvalue weighted by Crippen LogP contribution is -2.29. The Morgan fingerprint density at radius 3 is 2.67 bits per heavy atom. The molecule has 0 bridgehead atoms. The van der Waals surface area contributed by atoms with Crippen LogP contribution in [0.25, 0.3) is 33.2 Å². The predicted molar refractivity (Wildman–Crippen MR) is 135 cm³/mol. The van der Waals surface area contributed by atoms with Crippen molar-refractivity contribution in [2.75, 3.05) is 26.2 Å². The maximum atomic E-state index is 15.1. The molecule has 39 heavy (non-hydrogen) atoms. The summed E-state index contributed by atoms with van der Waals surface area (Å²) in [4.78, 5) is 19.0. The summed E-state index contributed by atoms with van der Waals surface area (Å²) in [5.74, 6) is -0.491. The van der Waals surface area contributed by atoms with E-state index in [9.17, 15) is 18.0 Å². The first-order chi connectivity index (χ1) is 18.5. The third kappa shape index (κ3) is 5.65. The lowest BCUT2D eigenvalue weighted by atomic mass is 10.0. The molecule has 0 saturated carbocycles. The highest BCUT2D eigenvalue weighted by Gasteiger charge is 2.36. The van der Waals surface area contributed by atoms with Gasteiger partial charge in [0.25, 0.3) is 0 Å². The second-order valence-electron chi connectivity index (χ2n) is 9.89. The van der Waals surface area contributed by atoms with E-state index in [0.717, 1.165) is 0 Å². The summed E-state index contributed by atoms with van der Waals surface area (Å²) >= 11 is 0. The van der Waals surface area contributed by atoms with E-state index in [1.165, 1.54) is 10.6 Å². The summed E-state index contributed by atoms with van der Waals surface area (Å²) in [5.41, 5.74) is 2.62. The molecular weight excluding hydrogens is 520 g/mol. The number of aryl methyl sites for hydroxylation is 1. The SMILES string of the molecule is CC(C)n1c(=O)n(C)c2nnc3cc(F)c(-c4ccc(COCCN5CCC(OC(F)(F)F)C5)nc4)cc3c21. The monoisotopic (exact) mass is 548 g/mol. The Morgan fingerprint density at radius 1 is 1.18 bits per heavy atom. The highest BCUT2D eigenvalue weighted by molar-refractivity contribution is 6.02. The molecule has 0 N–H and O–H groups in total. The number of alkyl halides is 3. The van der Waals surface area contributed by atoms with Crippen LogP contribution in [0.2, 0.25) is 0 Å². The van der Waals surface area contributed by atoms with Crippen LogP contribution in [0, 0.1) is 5.82 Å². The number of hydrogen-bond acceptors (Lipinski definition) is 7. The first-order valence-corrected chi connectivity index (χ1v) is 12.6. The van der Waals surface area contributed by atoms with Crippen molar-refractivity contribution in [3.05, 3.63) is 52.5 Å². The van der Waals surface area contributed by atoms with Crippen LogP contribution in [0.4, 0.5) is 17.6 Å². The summed E-state index contributed by atoms with van der Waals surface area (Å²) in [6, 6.07) is 6.30. The smallest absolute Gasteiger partial charge is 0.374 e. The van der Waals surface area contributed by atoms with E-state index in [4.69, 9.17) is 4.74 Å². The minimum atomic E-state index is -4.62. The number of fused-ring (bicyclic) bond motifs is 3. The second kappa shape index (κ2) is 10.6. The molecular formula is C26H28F4N6O3. The van der Waals surface area contributed by atoms with E-state index < -0.39 is 18.3 Å². The van der Waals surface area contributed by atoms with Crippen LogP contribution in [0.1, 0.15) is 32.0 Å². The van der Waals surface area contributed by atoms with Gasteiger partial charge in [0.15, 0.2) is 5.65 Å². The van der Waals surface area contributed by atoms with Crippen molar-refractivity contribution in [3.8, 4) is 11.1 Å². The summed E-state index contributed by atoms with van der Waals surface area (Å²) in [7, 11) is 1.63. The average Bonchev–Trinajstić information content (AvgIpc) is 3.42. The van der Waals surface area contributed by atoms with Gasteiger partial charge in [-0.2, -0.15) is 0 Å². The number of aromatic nitrogens is 5. The molecule has 1 aliphatic rings. The van der Waals surface area contributed by atoms with Gasteiger partial charge < -0.3 is 4.74 Å². The van der Waals surface area contributed by atoms with Crippen molar-refractivity contribution in [1.82, 2.24) is 29.2 Å². The van der Waals surface area contributed by atoms with E-state index in [1.807, 2.05) is 18.7 Å². The van der Waals surface area contributed by atoms with Gasteiger partial charge in [0.05, 0.1) is 30.5 Å². The number of halogens is 4. The molecule has 208 valence electrons. The van der Waals surface area contributed by atoms with Gasteiger partial charge in [-0.25, -0.2) is 9.18 Å². The summed E-state index contributed by atoms with van der Waals surface area (Å²) in [6.45, 7) is 5.53. The number of hydrogen-bond donors (Lipinski definition) is 0.